The van der Waals surface area contributed by atoms with Crippen LogP contribution in [0.2, 0.25) is 0 Å². The van der Waals surface area contributed by atoms with Gasteiger partial charge in [0.05, 0.1) is 19.4 Å². The third kappa shape index (κ3) is 4.92. The molecule has 0 spiro atoms. The van der Waals surface area contributed by atoms with Crippen LogP contribution in [0.3, 0.4) is 0 Å². The van der Waals surface area contributed by atoms with Gasteiger partial charge in [0.15, 0.2) is 0 Å². The van der Waals surface area contributed by atoms with Crippen molar-refractivity contribution in [2.75, 3.05) is 41.9 Å². The molecule has 1 aliphatic heterocycles. The molecule has 2 aromatic carbocycles. The quantitative estimate of drug-likeness (QED) is 0.359. The number of hydrogen-bond donors (Lipinski definition) is 4. The summed E-state index contributed by atoms with van der Waals surface area (Å²) < 4.78 is 5.40. The van der Waals surface area contributed by atoms with E-state index in [-0.39, 0.29) is 17.4 Å². The number of phenolic OH excluding ortho intramolecular Hbond substituents is 2. The summed E-state index contributed by atoms with van der Waals surface area (Å²) in [6, 6.07) is 13.8. The molecule has 2 heterocycles. The smallest absolute Gasteiger partial charge is 0.250 e. The predicted molar refractivity (Wildman–Crippen MR) is 114 cm³/mol. The number of benzene rings is 2. The molecule has 1 aliphatic rings. The third-order valence-corrected chi connectivity index (χ3v) is 4.33. The first-order valence-corrected chi connectivity index (χ1v) is 9.39. The minimum absolute atomic E-state index is 0.0261. The summed E-state index contributed by atoms with van der Waals surface area (Å²) in [6.07, 6.45) is 1.41. The Morgan fingerprint density at radius 2 is 1.73 bits per heavy atom. The van der Waals surface area contributed by atoms with E-state index in [1.165, 1.54) is 18.3 Å². The van der Waals surface area contributed by atoms with Crippen molar-refractivity contribution in [2.45, 2.75) is 0 Å². The second kappa shape index (κ2) is 9.05. The number of hydrazone groups is 1. The maximum absolute atomic E-state index is 9.86. The van der Waals surface area contributed by atoms with E-state index in [1.54, 1.807) is 6.07 Å². The normalized spacial score (nSPS) is 14.1. The number of nitrogens with one attached hydrogen (secondary N) is 2. The van der Waals surface area contributed by atoms with Gasteiger partial charge in [0, 0.05) is 30.4 Å². The maximum Gasteiger partial charge on any atom is 0.250 e. The molecule has 0 aliphatic carbocycles. The van der Waals surface area contributed by atoms with Gasteiger partial charge in [0.1, 0.15) is 11.5 Å². The molecular weight excluding hydrogens is 386 g/mol. The van der Waals surface area contributed by atoms with E-state index in [0.29, 0.717) is 43.8 Å². The van der Waals surface area contributed by atoms with Crippen LogP contribution in [0.15, 0.2) is 53.6 Å². The minimum atomic E-state index is -0.0864. The summed E-state index contributed by atoms with van der Waals surface area (Å²) in [5.74, 6) is 1.03. The lowest BCUT2D eigenvalue weighted by atomic mass is 10.2. The van der Waals surface area contributed by atoms with Gasteiger partial charge in [0.25, 0.3) is 0 Å². The van der Waals surface area contributed by atoms with E-state index in [9.17, 15) is 10.2 Å². The van der Waals surface area contributed by atoms with Gasteiger partial charge in [-0.05, 0) is 24.3 Å². The topological polar surface area (TPSA) is 128 Å². The molecule has 0 saturated carbocycles. The highest BCUT2D eigenvalue weighted by molar-refractivity contribution is 5.84. The van der Waals surface area contributed by atoms with Crippen molar-refractivity contribution >= 4 is 29.7 Å². The number of rotatable bonds is 6. The van der Waals surface area contributed by atoms with Crippen molar-refractivity contribution < 1.29 is 14.9 Å². The molecule has 0 bridgehead atoms. The monoisotopic (exact) mass is 407 g/mol. The first-order chi connectivity index (χ1) is 14.7. The molecule has 30 heavy (non-hydrogen) atoms. The van der Waals surface area contributed by atoms with E-state index in [2.05, 4.69) is 30.8 Å². The summed E-state index contributed by atoms with van der Waals surface area (Å²) in [5.41, 5.74) is 4.06. The number of anilines is 4. The zero-order valence-electron chi connectivity index (χ0n) is 16.1. The van der Waals surface area contributed by atoms with Crippen LogP contribution in [0.25, 0.3) is 0 Å². The summed E-state index contributed by atoms with van der Waals surface area (Å²) in [5, 5.41) is 26.5. The Hall–Kier alpha value is -3.92. The summed E-state index contributed by atoms with van der Waals surface area (Å²) in [4.78, 5) is 15.4. The van der Waals surface area contributed by atoms with Gasteiger partial charge in [-0.2, -0.15) is 20.1 Å². The Morgan fingerprint density at radius 1 is 0.967 bits per heavy atom. The van der Waals surface area contributed by atoms with Gasteiger partial charge in [-0.25, -0.2) is 5.43 Å². The average Bonchev–Trinajstić information content (AvgIpc) is 2.76. The molecule has 0 radical (unpaired) electrons. The fourth-order valence-corrected chi connectivity index (χ4v) is 2.83. The number of nitrogens with zero attached hydrogens (tertiary/aromatic N) is 5. The van der Waals surface area contributed by atoms with Gasteiger partial charge in [-0.1, -0.05) is 18.2 Å². The second-order valence-corrected chi connectivity index (χ2v) is 6.49. The number of ether oxygens (including phenoxy) is 1. The molecule has 4 rings (SSSR count). The Labute approximate surface area is 172 Å². The van der Waals surface area contributed by atoms with Crippen molar-refractivity contribution in [3.63, 3.8) is 0 Å². The lowest BCUT2D eigenvalue weighted by Crippen LogP contribution is -2.37. The number of aromatic nitrogens is 3. The minimum Gasteiger partial charge on any atom is -0.508 e. The van der Waals surface area contributed by atoms with E-state index < -0.39 is 0 Å². The first-order valence-electron chi connectivity index (χ1n) is 9.39. The lowest BCUT2D eigenvalue weighted by Gasteiger charge is -2.27. The fraction of sp³-hybridized carbons (Fsp3) is 0.200. The van der Waals surface area contributed by atoms with Gasteiger partial charge in [0.2, 0.25) is 17.8 Å². The number of morpholine rings is 1. The molecule has 10 nitrogen and oxygen atoms in total. The summed E-state index contributed by atoms with van der Waals surface area (Å²) >= 11 is 0. The van der Waals surface area contributed by atoms with E-state index >= 15 is 0 Å². The van der Waals surface area contributed by atoms with Crippen molar-refractivity contribution in [2.24, 2.45) is 5.10 Å². The van der Waals surface area contributed by atoms with Crippen molar-refractivity contribution in [1.29, 1.82) is 0 Å². The van der Waals surface area contributed by atoms with Crippen molar-refractivity contribution in [3.05, 3.63) is 54.1 Å². The molecule has 3 aromatic rings. The van der Waals surface area contributed by atoms with E-state index in [0.717, 1.165) is 5.69 Å². The molecular formula is C20H21N7O3. The van der Waals surface area contributed by atoms with Crippen LogP contribution in [0.5, 0.6) is 11.5 Å². The molecule has 154 valence electrons. The number of para-hydroxylation sites is 1. The predicted octanol–water partition coefficient (Wildman–Crippen LogP) is 2.31. The molecule has 10 heteroatoms. The average molecular weight is 407 g/mol. The second-order valence-electron chi connectivity index (χ2n) is 6.49. The van der Waals surface area contributed by atoms with Gasteiger partial charge < -0.3 is 25.2 Å². The van der Waals surface area contributed by atoms with Crippen LogP contribution in [0, 0.1) is 0 Å². The molecule has 0 amide bonds. The molecule has 1 saturated heterocycles. The summed E-state index contributed by atoms with van der Waals surface area (Å²) in [6.45, 7) is 2.57. The van der Waals surface area contributed by atoms with Crippen molar-refractivity contribution in [3.8, 4) is 11.5 Å². The summed E-state index contributed by atoms with van der Waals surface area (Å²) in [7, 11) is 0. The zero-order valence-corrected chi connectivity index (χ0v) is 16.1. The van der Waals surface area contributed by atoms with Gasteiger partial charge >= 0.3 is 0 Å². The van der Waals surface area contributed by atoms with Crippen LogP contribution in [-0.2, 0) is 4.74 Å². The number of hydrogen-bond acceptors (Lipinski definition) is 10. The van der Waals surface area contributed by atoms with Crippen LogP contribution in [0.4, 0.5) is 23.5 Å². The molecule has 1 fully saturated rings. The van der Waals surface area contributed by atoms with Gasteiger partial charge in [-0.15, -0.1) is 0 Å². The third-order valence-electron chi connectivity index (χ3n) is 4.33. The zero-order chi connectivity index (χ0) is 20.8. The Balaban J connectivity index is 1.57. The van der Waals surface area contributed by atoms with E-state index in [1.807, 2.05) is 35.2 Å². The maximum atomic E-state index is 9.86. The SMILES string of the molecule is Oc1ccc(C=NNc2nc(Nc3ccccc3)nc(N3CCOCC3)n2)c(O)c1. The number of aromatic hydroxyl groups is 2. The largest absolute Gasteiger partial charge is 0.508 e. The van der Waals surface area contributed by atoms with Crippen molar-refractivity contribution in [1.82, 2.24) is 15.0 Å². The van der Waals surface area contributed by atoms with Crippen LogP contribution < -0.4 is 15.6 Å². The highest BCUT2D eigenvalue weighted by atomic mass is 16.5. The molecule has 0 unspecified atom stereocenters. The van der Waals surface area contributed by atoms with Crippen LogP contribution in [-0.4, -0.2) is 57.7 Å². The first kappa shape index (κ1) is 19.4. The lowest BCUT2D eigenvalue weighted by molar-refractivity contribution is 0.122. The highest BCUT2D eigenvalue weighted by Gasteiger charge is 2.16. The van der Waals surface area contributed by atoms with Gasteiger partial charge in [-0.3, -0.25) is 0 Å². The Bertz CT molecular complexity index is 1020. The Morgan fingerprint density at radius 3 is 2.50 bits per heavy atom. The molecule has 0 atom stereocenters. The standard InChI is InChI=1S/C20H21N7O3/c28-16-7-6-14(17(29)12-16)13-21-26-19-23-18(22-15-4-2-1-3-5-15)24-20(25-19)27-8-10-30-11-9-27/h1-7,12-13,28-29H,8-11H2,(H2,22,23,24,25,26). The van der Waals surface area contributed by atoms with Crippen LogP contribution in [0.1, 0.15) is 5.56 Å². The molecule has 1 aromatic heterocycles. The van der Waals surface area contributed by atoms with Crippen LogP contribution >= 0.6 is 0 Å². The number of phenols is 2. The Kier molecular flexibility index (Phi) is 5.85. The van der Waals surface area contributed by atoms with E-state index in [4.69, 9.17) is 4.74 Å². The molecule has 4 N–H and O–H groups in total. The highest BCUT2D eigenvalue weighted by Crippen LogP contribution is 2.21. The fourth-order valence-electron chi connectivity index (χ4n) is 2.83.